The fraction of sp³-hybridized carbons (Fsp3) is 0.450. The molecule has 2 rings (SSSR count). The van der Waals surface area contributed by atoms with Gasteiger partial charge in [-0.1, -0.05) is 58.6 Å². The summed E-state index contributed by atoms with van der Waals surface area (Å²) in [7, 11) is 0. The molecular weight excluding hydrogens is 373 g/mol. The first-order valence-corrected chi connectivity index (χ1v) is 7.30. The van der Waals surface area contributed by atoms with Crippen molar-refractivity contribution in [1.82, 2.24) is 0 Å². The van der Waals surface area contributed by atoms with Crippen molar-refractivity contribution < 1.29 is 46.5 Å². The number of halogens is 2. The second kappa shape index (κ2) is 17.9. The Bertz CT molecular complexity index is 361. The average Bonchev–Trinajstić information content (AvgIpc) is 3.03. The molecule has 1 atom stereocenters. The van der Waals surface area contributed by atoms with Crippen molar-refractivity contribution >= 4 is 0 Å². The Morgan fingerprint density at radius 1 is 1.00 bits per heavy atom. The number of allylic oxidation sites excluding steroid dienone is 4. The van der Waals surface area contributed by atoms with Crippen molar-refractivity contribution in [2.24, 2.45) is 11.3 Å². The van der Waals surface area contributed by atoms with Crippen molar-refractivity contribution in [2.45, 2.75) is 46.6 Å². The number of nitrogens with one attached hydrogen (secondary N) is 1. The van der Waals surface area contributed by atoms with Crippen LogP contribution in [0.2, 0.25) is 0 Å². The third-order valence-electron chi connectivity index (χ3n) is 3.75. The summed E-state index contributed by atoms with van der Waals surface area (Å²) in [6.07, 6.45) is 9.06. The molecule has 0 heterocycles. The van der Waals surface area contributed by atoms with Gasteiger partial charge in [-0.05, 0) is 0 Å². The van der Waals surface area contributed by atoms with Crippen LogP contribution in [0.1, 0.15) is 41.0 Å². The fourth-order valence-electron chi connectivity index (χ4n) is 1.33. The number of rotatable bonds is 1. The van der Waals surface area contributed by atoms with E-state index in [1.54, 1.807) is 0 Å². The van der Waals surface area contributed by atoms with E-state index in [0.717, 1.165) is 6.42 Å². The van der Waals surface area contributed by atoms with Gasteiger partial charge < -0.3 is 44.9 Å². The monoisotopic (exact) mass is 405 g/mol. The third kappa shape index (κ3) is 16.9. The van der Waals surface area contributed by atoms with E-state index in [0.29, 0.717) is 5.92 Å². The predicted molar refractivity (Wildman–Crippen MR) is 98.0 cm³/mol. The molecule has 4 heteroatoms. The standard InChI is InChI=1S/C8H18N.C6H7.C5H5.CH3.2ClH.Ti/c1-6-8(5,9)7(2,3)4;1-6-4-2-3-5-6;1-2-4-5-3-1;;;;/h9H,6H2,1-5H3;2-6H,1H2;1-5H;1H3;2*1H;/q4*-1;;;+4/p-2. The molecule has 1 unspecified atom stereocenters. The molecule has 0 saturated carbocycles. The molecule has 1 aliphatic rings. The Balaban J connectivity index is -0.0000000716. The first-order valence-electron chi connectivity index (χ1n) is 7.30. The van der Waals surface area contributed by atoms with Gasteiger partial charge in [-0.25, -0.2) is 12.1 Å². The van der Waals surface area contributed by atoms with Gasteiger partial charge in [0.2, 0.25) is 0 Å². The molecule has 138 valence electrons. The largest absolute Gasteiger partial charge is 4.00 e. The van der Waals surface area contributed by atoms with E-state index in [4.69, 9.17) is 5.73 Å². The van der Waals surface area contributed by atoms with Gasteiger partial charge in [-0.3, -0.25) is 0 Å². The van der Waals surface area contributed by atoms with E-state index < -0.39 is 0 Å². The molecule has 1 aromatic carbocycles. The minimum absolute atomic E-state index is 0. The summed E-state index contributed by atoms with van der Waals surface area (Å²) in [6, 6.07) is 10.0. The van der Waals surface area contributed by atoms with Crippen LogP contribution < -0.4 is 24.8 Å². The van der Waals surface area contributed by atoms with E-state index in [-0.39, 0.29) is 64.9 Å². The molecule has 0 fully saturated rings. The van der Waals surface area contributed by atoms with E-state index in [2.05, 4.69) is 46.8 Å². The molecule has 24 heavy (non-hydrogen) atoms. The SMILES string of the molecule is CCC(C)([NH-])C(C)(C)C.[CH2-]C1C=CC=C1.[CH3-].[Cl-].[Cl-].[Ti+4].c1cc[cH-]c1. The minimum Gasteiger partial charge on any atom is -1.00 e. The smallest absolute Gasteiger partial charge is 1.00 e. The molecule has 0 amide bonds. The van der Waals surface area contributed by atoms with Crippen molar-refractivity contribution in [3.8, 4) is 0 Å². The summed E-state index contributed by atoms with van der Waals surface area (Å²) < 4.78 is 0. The zero-order chi connectivity index (χ0) is 15.6. The Kier molecular flexibility index (Phi) is 26.3. The molecule has 1 aliphatic carbocycles. The molecule has 0 aromatic heterocycles. The summed E-state index contributed by atoms with van der Waals surface area (Å²) in [5, 5.41) is 0. The third-order valence-corrected chi connectivity index (χ3v) is 3.75. The Morgan fingerprint density at radius 3 is 1.46 bits per heavy atom. The van der Waals surface area contributed by atoms with Crippen LogP contribution in [0.3, 0.4) is 0 Å². The molecular formula is C20H33Cl2NTi-2. The topological polar surface area (TPSA) is 23.8 Å². The van der Waals surface area contributed by atoms with E-state index in [1.807, 2.05) is 49.4 Å². The first kappa shape index (κ1) is 35.2. The van der Waals surface area contributed by atoms with Crippen LogP contribution in [0.15, 0.2) is 54.6 Å². The Hall–Kier alpha value is 0.0843. The molecule has 0 radical (unpaired) electrons. The van der Waals surface area contributed by atoms with Gasteiger partial charge in [-0.2, -0.15) is 18.2 Å². The molecule has 0 bridgehead atoms. The van der Waals surface area contributed by atoms with Gasteiger partial charge in [0.25, 0.3) is 0 Å². The van der Waals surface area contributed by atoms with Crippen molar-refractivity contribution in [1.29, 1.82) is 0 Å². The Morgan fingerprint density at radius 2 is 1.38 bits per heavy atom. The summed E-state index contributed by atoms with van der Waals surface area (Å²) >= 11 is 0. The van der Waals surface area contributed by atoms with Crippen LogP contribution in [0, 0.1) is 25.7 Å². The van der Waals surface area contributed by atoms with Crippen LogP contribution >= 0.6 is 0 Å². The zero-order valence-electron chi connectivity index (χ0n) is 15.9. The van der Waals surface area contributed by atoms with Gasteiger partial charge in [0.05, 0.1) is 0 Å². The average molecular weight is 406 g/mol. The van der Waals surface area contributed by atoms with Crippen molar-refractivity contribution in [3.63, 3.8) is 0 Å². The van der Waals surface area contributed by atoms with Gasteiger partial charge >= 0.3 is 21.7 Å². The van der Waals surface area contributed by atoms with Crippen LogP contribution in [-0.2, 0) is 21.7 Å². The molecule has 1 nitrogen and oxygen atoms in total. The van der Waals surface area contributed by atoms with Gasteiger partial charge in [0.15, 0.2) is 0 Å². The van der Waals surface area contributed by atoms with Gasteiger partial charge in [-0.15, -0.1) is 23.6 Å². The van der Waals surface area contributed by atoms with Crippen LogP contribution in [0.4, 0.5) is 0 Å². The quantitative estimate of drug-likeness (QED) is 0.484. The molecule has 1 N–H and O–H groups in total. The second-order valence-electron chi connectivity index (χ2n) is 6.33. The van der Waals surface area contributed by atoms with Crippen LogP contribution in [-0.4, -0.2) is 5.54 Å². The molecule has 0 saturated heterocycles. The Labute approximate surface area is 178 Å². The summed E-state index contributed by atoms with van der Waals surface area (Å²) in [5.74, 6) is 0.435. The zero-order valence-corrected chi connectivity index (χ0v) is 19.0. The van der Waals surface area contributed by atoms with Crippen molar-refractivity contribution in [3.05, 3.63) is 74.7 Å². The van der Waals surface area contributed by atoms with Crippen LogP contribution in [0.25, 0.3) is 5.73 Å². The van der Waals surface area contributed by atoms with Crippen molar-refractivity contribution in [2.75, 3.05) is 0 Å². The minimum atomic E-state index is -0.271. The van der Waals surface area contributed by atoms with Crippen LogP contribution in [0.5, 0.6) is 0 Å². The maximum atomic E-state index is 7.83. The first-order chi connectivity index (χ1) is 9.20. The van der Waals surface area contributed by atoms with E-state index in [1.165, 1.54) is 0 Å². The maximum Gasteiger partial charge on any atom is 4.00 e. The van der Waals surface area contributed by atoms with E-state index >= 15 is 0 Å². The summed E-state index contributed by atoms with van der Waals surface area (Å²) in [5.41, 5.74) is 7.67. The van der Waals surface area contributed by atoms with Gasteiger partial charge in [0, 0.05) is 0 Å². The van der Waals surface area contributed by atoms with Gasteiger partial charge in [0.1, 0.15) is 0 Å². The number of hydrogen-bond acceptors (Lipinski definition) is 0. The summed E-state index contributed by atoms with van der Waals surface area (Å²) in [4.78, 5) is 0. The molecule has 1 aromatic rings. The molecule has 0 aliphatic heterocycles. The summed E-state index contributed by atoms with van der Waals surface area (Å²) in [6.45, 7) is 14.2. The predicted octanol–water partition coefficient (Wildman–Crippen LogP) is 0.677. The van der Waals surface area contributed by atoms with E-state index in [9.17, 15) is 0 Å². The second-order valence-corrected chi connectivity index (χ2v) is 6.33. The maximum absolute atomic E-state index is 7.83. The normalized spacial score (nSPS) is 14.0. The molecule has 0 spiro atoms. The fourth-order valence-corrected chi connectivity index (χ4v) is 1.33. The number of hydrogen-bond donors (Lipinski definition) is 0.